The van der Waals surface area contributed by atoms with Gasteiger partial charge in [0.1, 0.15) is 0 Å². The van der Waals surface area contributed by atoms with E-state index in [0.717, 1.165) is 0 Å². The Morgan fingerprint density at radius 3 is 1.50 bits per heavy atom. The predicted molar refractivity (Wildman–Crippen MR) is 94.6 cm³/mol. The van der Waals surface area contributed by atoms with Gasteiger partial charge in [0, 0.05) is 19.3 Å². The van der Waals surface area contributed by atoms with E-state index >= 15 is 0 Å². The van der Waals surface area contributed by atoms with Crippen LogP contribution in [0.15, 0.2) is 0 Å². The fourth-order valence-corrected chi connectivity index (χ4v) is 1.79. The van der Waals surface area contributed by atoms with Crippen LogP contribution in [0.1, 0.15) is 72.6 Å². The van der Waals surface area contributed by atoms with Crippen molar-refractivity contribution in [3.63, 3.8) is 0 Å². The molecule has 152 valence electrons. The van der Waals surface area contributed by atoms with Crippen molar-refractivity contribution in [3.8, 4) is 0 Å². The molecule has 0 aromatic rings. The van der Waals surface area contributed by atoms with Crippen LogP contribution in [-0.2, 0) is 28.7 Å². The zero-order chi connectivity index (χ0) is 20.6. The summed E-state index contributed by atoms with van der Waals surface area (Å²) in [4.78, 5) is 42.4. The quantitative estimate of drug-likeness (QED) is 0.393. The molecule has 0 amide bonds. The van der Waals surface area contributed by atoms with Gasteiger partial charge in [-0.25, -0.2) is 0 Å². The maximum Gasteiger partial charge on any atom is 0.309 e. The second-order valence-electron chi connectivity index (χ2n) is 6.25. The summed E-state index contributed by atoms with van der Waals surface area (Å²) in [5.41, 5.74) is -0.810. The van der Waals surface area contributed by atoms with Gasteiger partial charge >= 0.3 is 23.9 Å². The highest BCUT2D eigenvalue weighted by Crippen LogP contribution is 2.23. The summed E-state index contributed by atoms with van der Waals surface area (Å²) in [6.07, 6.45) is 2.97. The summed E-state index contributed by atoms with van der Waals surface area (Å²) < 4.78 is 9.48. The molecule has 0 aliphatic carbocycles. The molecular formula is C18H32O8. The highest BCUT2D eigenvalue weighted by atomic mass is 16.5. The van der Waals surface area contributed by atoms with Crippen molar-refractivity contribution in [2.75, 3.05) is 13.2 Å². The first-order valence-corrected chi connectivity index (χ1v) is 8.83. The second-order valence-corrected chi connectivity index (χ2v) is 6.25. The number of carboxylic acid groups (broad SMARTS) is 2. The summed E-state index contributed by atoms with van der Waals surface area (Å²) in [7, 11) is 0. The molecule has 0 aromatic carbocycles. The lowest BCUT2D eigenvalue weighted by atomic mass is 9.87. The first-order chi connectivity index (χ1) is 12.1. The first kappa shape index (κ1) is 26.1. The predicted octanol–water partition coefficient (Wildman–Crippen LogP) is 3.03. The van der Waals surface area contributed by atoms with Crippen molar-refractivity contribution in [1.29, 1.82) is 0 Å². The Balaban J connectivity index is 0. The number of aliphatic carboxylic acids is 2. The van der Waals surface area contributed by atoms with Crippen LogP contribution in [0.2, 0.25) is 0 Å². The molecule has 0 saturated heterocycles. The van der Waals surface area contributed by atoms with Crippen molar-refractivity contribution in [2.45, 2.75) is 72.6 Å². The van der Waals surface area contributed by atoms with Gasteiger partial charge in [0.2, 0.25) is 0 Å². The average Bonchev–Trinajstić information content (AvgIpc) is 2.52. The largest absolute Gasteiger partial charge is 0.481 e. The zero-order valence-electron chi connectivity index (χ0n) is 16.2. The maximum atomic E-state index is 10.9. The molecule has 0 bridgehead atoms. The topological polar surface area (TPSA) is 127 Å². The number of ether oxygens (including phenoxy) is 2. The van der Waals surface area contributed by atoms with E-state index in [4.69, 9.17) is 19.7 Å². The summed E-state index contributed by atoms with van der Waals surface area (Å²) in [6, 6.07) is 0. The molecular weight excluding hydrogens is 344 g/mol. The van der Waals surface area contributed by atoms with E-state index in [9.17, 15) is 19.2 Å². The molecule has 8 heteroatoms. The van der Waals surface area contributed by atoms with Crippen LogP contribution in [0, 0.1) is 5.41 Å². The van der Waals surface area contributed by atoms with Crippen molar-refractivity contribution >= 4 is 23.9 Å². The third-order valence-corrected chi connectivity index (χ3v) is 3.39. The van der Waals surface area contributed by atoms with Gasteiger partial charge in [0.25, 0.3) is 0 Å². The molecule has 26 heavy (non-hydrogen) atoms. The number of carbonyl (C=O) groups is 4. The van der Waals surface area contributed by atoms with Gasteiger partial charge in [0.05, 0.1) is 18.6 Å². The van der Waals surface area contributed by atoms with Gasteiger partial charge < -0.3 is 19.7 Å². The monoisotopic (exact) mass is 376 g/mol. The smallest absolute Gasteiger partial charge is 0.309 e. The van der Waals surface area contributed by atoms with Gasteiger partial charge in [-0.15, -0.1) is 0 Å². The van der Waals surface area contributed by atoms with Crippen LogP contribution >= 0.6 is 0 Å². The van der Waals surface area contributed by atoms with Crippen molar-refractivity contribution < 1.29 is 38.9 Å². The Bertz CT molecular complexity index is 422. The molecule has 0 aliphatic heterocycles. The molecule has 0 unspecified atom stereocenters. The minimum absolute atomic E-state index is 0.0384. The van der Waals surface area contributed by atoms with Gasteiger partial charge in [-0.05, 0) is 53.4 Å². The number of hydrogen-bond donors (Lipinski definition) is 2. The lowest BCUT2D eigenvalue weighted by Gasteiger charge is -2.17. The lowest BCUT2D eigenvalue weighted by Crippen LogP contribution is -2.23. The Morgan fingerprint density at radius 2 is 1.19 bits per heavy atom. The molecule has 0 spiro atoms. The summed E-state index contributed by atoms with van der Waals surface area (Å²) in [5, 5.41) is 17.0. The summed E-state index contributed by atoms with van der Waals surface area (Å²) >= 11 is 0. The fourth-order valence-electron chi connectivity index (χ4n) is 1.79. The minimum Gasteiger partial charge on any atom is -0.481 e. The van der Waals surface area contributed by atoms with E-state index in [0.29, 0.717) is 51.7 Å². The fraction of sp³-hybridized carbons (Fsp3) is 0.778. The Labute approximate surface area is 154 Å². The lowest BCUT2D eigenvalue weighted by molar-refractivity contribution is -0.148. The molecule has 8 nitrogen and oxygen atoms in total. The third kappa shape index (κ3) is 16.7. The van der Waals surface area contributed by atoms with Crippen LogP contribution in [0.3, 0.4) is 0 Å². The SMILES string of the molecule is CC(C)(CCCC(=O)O)C(=O)O.CCOC(=O)CCCCC(=O)OCC. The van der Waals surface area contributed by atoms with Crippen LogP contribution in [0.5, 0.6) is 0 Å². The van der Waals surface area contributed by atoms with Crippen molar-refractivity contribution in [1.82, 2.24) is 0 Å². The van der Waals surface area contributed by atoms with Gasteiger partial charge in [-0.2, -0.15) is 0 Å². The number of hydrogen-bond acceptors (Lipinski definition) is 6. The van der Waals surface area contributed by atoms with Crippen molar-refractivity contribution in [2.24, 2.45) is 5.41 Å². The molecule has 0 radical (unpaired) electrons. The van der Waals surface area contributed by atoms with Crippen LogP contribution in [0.4, 0.5) is 0 Å². The van der Waals surface area contributed by atoms with E-state index in [2.05, 4.69) is 0 Å². The number of rotatable bonds is 12. The van der Waals surface area contributed by atoms with E-state index in [1.165, 1.54) is 0 Å². The second kappa shape index (κ2) is 15.2. The highest BCUT2D eigenvalue weighted by molar-refractivity contribution is 5.73. The van der Waals surface area contributed by atoms with Crippen LogP contribution < -0.4 is 0 Å². The molecule has 0 aromatic heterocycles. The standard InChI is InChI=1S/C10H18O4.C8H14O4/c1-3-13-9(11)7-5-6-8-10(12)14-4-2;1-8(2,7(11)12)5-3-4-6(9)10/h3-8H2,1-2H3;3-5H2,1-2H3,(H,9,10)(H,11,12). The normalized spacial score (nSPS) is 10.3. The van der Waals surface area contributed by atoms with Gasteiger partial charge in [-0.3, -0.25) is 19.2 Å². The number of unbranched alkanes of at least 4 members (excludes halogenated alkanes) is 1. The highest BCUT2D eigenvalue weighted by Gasteiger charge is 2.26. The van der Waals surface area contributed by atoms with Gasteiger partial charge in [0.15, 0.2) is 0 Å². The van der Waals surface area contributed by atoms with Gasteiger partial charge in [-0.1, -0.05) is 0 Å². The molecule has 0 atom stereocenters. The van der Waals surface area contributed by atoms with E-state index in [1.54, 1.807) is 27.7 Å². The molecule has 0 saturated carbocycles. The van der Waals surface area contributed by atoms with E-state index in [1.807, 2.05) is 0 Å². The number of carboxylic acids is 2. The molecule has 0 rings (SSSR count). The number of esters is 2. The average molecular weight is 376 g/mol. The maximum absolute atomic E-state index is 10.9. The van der Waals surface area contributed by atoms with Crippen molar-refractivity contribution in [3.05, 3.63) is 0 Å². The van der Waals surface area contributed by atoms with Crippen LogP contribution in [0.25, 0.3) is 0 Å². The first-order valence-electron chi connectivity index (χ1n) is 8.83. The summed E-state index contributed by atoms with van der Waals surface area (Å²) in [5.74, 6) is -2.16. The minimum atomic E-state index is -0.882. The number of carbonyl (C=O) groups excluding carboxylic acids is 2. The molecule has 0 aliphatic rings. The zero-order valence-corrected chi connectivity index (χ0v) is 16.2. The summed E-state index contributed by atoms with van der Waals surface area (Å²) in [6.45, 7) is 7.56. The van der Waals surface area contributed by atoms with Crippen LogP contribution in [-0.4, -0.2) is 47.3 Å². The molecule has 2 N–H and O–H groups in total. The Kier molecular flexibility index (Phi) is 15.2. The van der Waals surface area contributed by atoms with E-state index < -0.39 is 17.4 Å². The Hall–Kier alpha value is -2.12. The van der Waals surface area contributed by atoms with E-state index in [-0.39, 0.29) is 18.4 Å². The molecule has 0 heterocycles. The molecule has 0 fully saturated rings. The third-order valence-electron chi connectivity index (χ3n) is 3.39. The Morgan fingerprint density at radius 1 is 0.769 bits per heavy atom.